The van der Waals surface area contributed by atoms with Crippen molar-refractivity contribution in [3.8, 4) is 0 Å². The van der Waals surface area contributed by atoms with Crippen molar-refractivity contribution >= 4 is 39.2 Å². The molecule has 1 aromatic rings. The first-order valence-corrected chi connectivity index (χ1v) is 7.37. The Hall–Kier alpha value is 0.390. The number of thioether (sulfide) groups is 1. The van der Waals surface area contributed by atoms with Crippen molar-refractivity contribution in [1.82, 2.24) is 9.36 Å². The minimum absolute atomic E-state index is 0.348. The largest absolute Gasteiger partial charge is 0.216 e. The van der Waals surface area contributed by atoms with Crippen LogP contribution in [0.3, 0.4) is 0 Å². The lowest BCUT2D eigenvalue weighted by atomic mass is 9.83. The first kappa shape index (κ1) is 12.5. The van der Waals surface area contributed by atoms with Crippen LogP contribution in [0.15, 0.2) is 10.7 Å². The summed E-state index contributed by atoms with van der Waals surface area (Å²) in [6.45, 7) is 6.83. The molecule has 1 unspecified atom stereocenters. The molecule has 1 rings (SSSR count). The zero-order chi connectivity index (χ0) is 10.6. The molecule has 0 aromatic carbocycles. The molecule has 0 amide bonds. The van der Waals surface area contributed by atoms with E-state index in [1.807, 2.05) is 0 Å². The van der Waals surface area contributed by atoms with Crippen molar-refractivity contribution in [2.75, 3.05) is 11.1 Å². The van der Waals surface area contributed by atoms with E-state index in [-0.39, 0.29) is 0 Å². The molecule has 2 nitrogen and oxygen atoms in total. The topological polar surface area (TPSA) is 25.8 Å². The van der Waals surface area contributed by atoms with Gasteiger partial charge in [0.05, 0.1) is 0 Å². The third-order valence-electron chi connectivity index (χ3n) is 2.16. The monoisotopic (exact) mass is 294 g/mol. The van der Waals surface area contributed by atoms with E-state index in [9.17, 15) is 0 Å². The van der Waals surface area contributed by atoms with Crippen LogP contribution in [0.1, 0.15) is 20.8 Å². The van der Waals surface area contributed by atoms with Gasteiger partial charge in [-0.3, -0.25) is 0 Å². The highest BCUT2D eigenvalue weighted by Gasteiger charge is 2.23. The standard InChI is InChI=1S/C9H15BrN2S2/c1-9(2,3)7(4-10)5-13-8-11-6-12-14-8/h6-7H,4-5H2,1-3H3. The second-order valence-electron chi connectivity index (χ2n) is 4.24. The van der Waals surface area contributed by atoms with Crippen LogP contribution in [0.5, 0.6) is 0 Å². The van der Waals surface area contributed by atoms with E-state index in [1.165, 1.54) is 11.5 Å². The molecule has 80 valence electrons. The van der Waals surface area contributed by atoms with Crippen molar-refractivity contribution in [2.45, 2.75) is 25.1 Å². The highest BCUT2D eigenvalue weighted by molar-refractivity contribution is 9.09. The summed E-state index contributed by atoms with van der Waals surface area (Å²) < 4.78 is 5.06. The minimum atomic E-state index is 0.348. The number of halogens is 1. The Kier molecular flexibility index (Phi) is 4.87. The van der Waals surface area contributed by atoms with Gasteiger partial charge in [-0.2, -0.15) is 4.37 Å². The first-order valence-electron chi connectivity index (χ1n) is 4.49. The fraction of sp³-hybridized carbons (Fsp3) is 0.778. The van der Waals surface area contributed by atoms with Gasteiger partial charge >= 0.3 is 0 Å². The van der Waals surface area contributed by atoms with E-state index in [0.29, 0.717) is 11.3 Å². The van der Waals surface area contributed by atoms with Crippen LogP contribution >= 0.6 is 39.2 Å². The molecule has 5 heteroatoms. The summed E-state index contributed by atoms with van der Waals surface area (Å²) in [5.74, 6) is 1.76. The number of hydrogen-bond acceptors (Lipinski definition) is 4. The smallest absolute Gasteiger partial charge is 0.169 e. The molecule has 0 bridgehead atoms. The van der Waals surface area contributed by atoms with E-state index in [2.05, 4.69) is 46.1 Å². The average Bonchev–Trinajstić information content (AvgIpc) is 2.55. The lowest BCUT2D eigenvalue weighted by Gasteiger charge is -2.28. The predicted molar refractivity (Wildman–Crippen MR) is 67.4 cm³/mol. The molecule has 0 aliphatic rings. The highest BCUT2D eigenvalue weighted by atomic mass is 79.9. The van der Waals surface area contributed by atoms with Crippen LogP contribution in [0.2, 0.25) is 0 Å². The minimum Gasteiger partial charge on any atom is -0.216 e. The van der Waals surface area contributed by atoms with E-state index < -0.39 is 0 Å². The third-order valence-corrected chi connectivity index (χ3v) is 4.90. The van der Waals surface area contributed by atoms with Crippen molar-refractivity contribution in [3.63, 3.8) is 0 Å². The number of nitrogens with zero attached hydrogens (tertiary/aromatic N) is 2. The van der Waals surface area contributed by atoms with Crippen molar-refractivity contribution in [2.24, 2.45) is 11.3 Å². The summed E-state index contributed by atoms with van der Waals surface area (Å²) in [4.78, 5) is 4.16. The predicted octanol–water partition coefficient (Wildman–Crippen LogP) is 3.69. The van der Waals surface area contributed by atoms with Crippen LogP contribution < -0.4 is 0 Å². The van der Waals surface area contributed by atoms with E-state index in [0.717, 1.165) is 15.4 Å². The van der Waals surface area contributed by atoms with Crippen LogP contribution in [-0.2, 0) is 0 Å². The second-order valence-corrected chi connectivity index (χ2v) is 6.93. The average molecular weight is 295 g/mol. The lowest BCUT2D eigenvalue weighted by molar-refractivity contribution is 0.295. The van der Waals surface area contributed by atoms with E-state index >= 15 is 0 Å². The SMILES string of the molecule is CC(C)(C)C(CBr)CSc1ncns1. The van der Waals surface area contributed by atoms with Gasteiger partial charge < -0.3 is 0 Å². The molecule has 0 spiro atoms. The molecule has 0 fully saturated rings. The van der Waals surface area contributed by atoms with Gasteiger partial charge in [-0.15, -0.1) is 0 Å². The molecular weight excluding hydrogens is 280 g/mol. The Labute approximate surface area is 102 Å². The van der Waals surface area contributed by atoms with Crippen LogP contribution in [-0.4, -0.2) is 20.4 Å². The van der Waals surface area contributed by atoms with Gasteiger partial charge in [0.1, 0.15) is 6.33 Å². The number of aromatic nitrogens is 2. The Bertz CT molecular complexity index is 256. The maximum Gasteiger partial charge on any atom is 0.169 e. The van der Waals surface area contributed by atoms with Gasteiger partial charge in [0.25, 0.3) is 0 Å². The fourth-order valence-corrected chi connectivity index (χ4v) is 4.33. The quantitative estimate of drug-likeness (QED) is 0.626. The van der Waals surface area contributed by atoms with E-state index in [1.54, 1.807) is 18.1 Å². The Morgan fingerprint density at radius 3 is 2.71 bits per heavy atom. The number of hydrogen-bond donors (Lipinski definition) is 0. The van der Waals surface area contributed by atoms with Crippen LogP contribution in [0.4, 0.5) is 0 Å². The molecule has 1 heterocycles. The normalized spacial score (nSPS) is 14.3. The van der Waals surface area contributed by atoms with Gasteiger partial charge in [0.15, 0.2) is 4.34 Å². The van der Waals surface area contributed by atoms with Crippen LogP contribution in [0, 0.1) is 11.3 Å². The molecule has 0 saturated carbocycles. The zero-order valence-corrected chi connectivity index (χ0v) is 11.9. The highest BCUT2D eigenvalue weighted by Crippen LogP contribution is 2.32. The van der Waals surface area contributed by atoms with Gasteiger partial charge in [-0.05, 0) is 22.9 Å². The number of rotatable bonds is 4. The summed E-state index contributed by atoms with van der Waals surface area (Å²) >= 11 is 6.84. The van der Waals surface area contributed by atoms with Gasteiger partial charge in [-0.25, -0.2) is 4.98 Å². The molecular formula is C9H15BrN2S2. The summed E-state index contributed by atoms with van der Waals surface area (Å²) in [5.41, 5.74) is 0.348. The molecule has 0 radical (unpaired) electrons. The maximum absolute atomic E-state index is 4.16. The molecule has 14 heavy (non-hydrogen) atoms. The maximum atomic E-state index is 4.16. The summed E-state index contributed by atoms with van der Waals surface area (Å²) in [6.07, 6.45) is 1.62. The van der Waals surface area contributed by atoms with Gasteiger partial charge in [-0.1, -0.05) is 48.5 Å². The second kappa shape index (κ2) is 5.47. The third kappa shape index (κ3) is 3.87. The van der Waals surface area contributed by atoms with Crippen LogP contribution in [0.25, 0.3) is 0 Å². The molecule has 0 N–H and O–H groups in total. The van der Waals surface area contributed by atoms with Crippen molar-refractivity contribution in [1.29, 1.82) is 0 Å². The zero-order valence-electron chi connectivity index (χ0n) is 8.66. The Balaban J connectivity index is 2.43. The number of alkyl halides is 1. The fourth-order valence-electron chi connectivity index (χ4n) is 0.924. The van der Waals surface area contributed by atoms with E-state index in [4.69, 9.17) is 0 Å². The molecule has 1 aromatic heterocycles. The Morgan fingerprint density at radius 2 is 2.29 bits per heavy atom. The molecule has 0 aliphatic carbocycles. The molecule has 0 saturated heterocycles. The van der Waals surface area contributed by atoms with Crippen molar-refractivity contribution < 1.29 is 0 Å². The lowest BCUT2D eigenvalue weighted by Crippen LogP contribution is -2.23. The Morgan fingerprint density at radius 1 is 1.57 bits per heavy atom. The van der Waals surface area contributed by atoms with Gasteiger partial charge in [0, 0.05) is 11.1 Å². The summed E-state index contributed by atoms with van der Waals surface area (Å²) in [5, 5.41) is 1.04. The molecule has 0 aliphatic heterocycles. The summed E-state index contributed by atoms with van der Waals surface area (Å²) in [6, 6.07) is 0. The first-order chi connectivity index (χ1) is 6.54. The van der Waals surface area contributed by atoms with Crippen molar-refractivity contribution in [3.05, 3.63) is 6.33 Å². The summed E-state index contributed by atoms with van der Waals surface area (Å²) in [7, 11) is 0. The molecule has 1 atom stereocenters. The van der Waals surface area contributed by atoms with Gasteiger partial charge in [0.2, 0.25) is 0 Å².